The zero-order valence-electron chi connectivity index (χ0n) is 11.7. The minimum absolute atomic E-state index is 0.147. The molecule has 0 spiro atoms. The Balaban J connectivity index is 2.96. The van der Waals surface area contributed by atoms with Gasteiger partial charge in [0, 0.05) is 12.2 Å². The second-order valence-electron chi connectivity index (χ2n) is 4.32. The van der Waals surface area contributed by atoms with Crippen molar-refractivity contribution in [1.82, 2.24) is 4.72 Å². The van der Waals surface area contributed by atoms with E-state index in [0.717, 1.165) is 4.31 Å². The van der Waals surface area contributed by atoms with Crippen LogP contribution in [0.1, 0.15) is 20.8 Å². The summed E-state index contributed by atoms with van der Waals surface area (Å²) in [5.74, 6) is 0. The quantitative estimate of drug-likeness (QED) is 0.802. The molecule has 0 unspecified atom stereocenters. The number of benzene rings is 1. The van der Waals surface area contributed by atoms with Crippen molar-refractivity contribution in [2.24, 2.45) is 0 Å². The number of carbonyl (C=O) groups excluding carboxylic acids is 1. The van der Waals surface area contributed by atoms with Gasteiger partial charge >= 0.3 is 16.3 Å². The molecule has 0 atom stereocenters. The van der Waals surface area contributed by atoms with Crippen LogP contribution in [0.3, 0.4) is 0 Å². The molecule has 112 valence electrons. The fraction of sp³-hybridized carbons (Fsp3) is 0.417. The SMILES string of the molecule is CCN(c1cccc(N)c1)S(=O)(=O)NC(=O)OC(C)C. The molecule has 0 aromatic heterocycles. The molecule has 1 rings (SSSR count). The minimum atomic E-state index is -4.03. The molecule has 1 aromatic rings. The molecule has 0 radical (unpaired) electrons. The van der Waals surface area contributed by atoms with Crippen LogP contribution in [-0.4, -0.2) is 27.2 Å². The normalized spacial score (nSPS) is 11.2. The summed E-state index contributed by atoms with van der Waals surface area (Å²) in [6.07, 6.45) is -1.42. The van der Waals surface area contributed by atoms with E-state index in [-0.39, 0.29) is 6.54 Å². The average Bonchev–Trinajstić information content (AvgIpc) is 2.27. The van der Waals surface area contributed by atoms with E-state index in [1.165, 1.54) is 6.07 Å². The third kappa shape index (κ3) is 4.30. The maximum Gasteiger partial charge on any atom is 0.422 e. The predicted octanol–water partition coefficient (Wildman–Crippen LogP) is 1.47. The van der Waals surface area contributed by atoms with Crippen LogP contribution in [0.4, 0.5) is 16.2 Å². The Hall–Kier alpha value is -1.96. The van der Waals surface area contributed by atoms with Crippen LogP contribution in [0.25, 0.3) is 0 Å². The number of rotatable bonds is 5. The number of amides is 1. The molecule has 8 heteroatoms. The summed E-state index contributed by atoms with van der Waals surface area (Å²) in [7, 11) is -4.03. The van der Waals surface area contributed by atoms with Gasteiger partial charge in [0.1, 0.15) is 0 Å². The lowest BCUT2D eigenvalue weighted by atomic mass is 10.3. The second-order valence-corrected chi connectivity index (χ2v) is 5.92. The number of hydrogen-bond acceptors (Lipinski definition) is 5. The van der Waals surface area contributed by atoms with Gasteiger partial charge in [0.05, 0.1) is 11.8 Å². The molecule has 0 bridgehead atoms. The number of nitrogen functional groups attached to an aromatic ring is 1. The topological polar surface area (TPSA) is 102 Å². The molecule has 1 amide bonds. The molecule has 3 N–H and O–H groups in total. The van der Waals surface area contributed by atoms with Crippen molar-refractivity contribution in [1.29, 1.82) is 0 Å². The highest BCUT2D eigenvalue weighted by Crippen LogP contribution is 2.19. The zero-order valence-corrected chi connectivity index (χ0v) is 12.5. The highest BCUT2D eigenvalue weighted by molar-refractivity contribution is 7.91. The summed E-state index contributed by atoms with van der Waals surface area (Å²) in [5.41, 5.74) is 6.43. The standard InChI is InChI=1S/C12H19N3O4S/c1-4-15(11-7-5-6-10(13)8-11)20(17,18)14-12(16)19-9(2)3/h5-9H,4,13H2,1-3H3,(H,14,16). The molecular formula is C12H19N3O4S. The van der Waals surface area contributed by atoms with Crippen LogP contribution in [-0.2, 0) is 14.9 Å². The first kappa shape index (κ1) is 16.1. The van der Waals surface area contributed by atoms with Crippen molar-refractivity contribution < 1.29 is 17.9 Å². The molecule has 0 aliphatic heterocycles. The van der Waals surface area contributed by atoms with Crippen LogP contribution < -0.4 is 14.8 Å². The van der Waals surface area contributed by atoms with Gasteiger partial charge in [-0.1, -0.05) is 6.07 Å². The smallest absolute Gasteiger partial charge is 0.422 e. The number of nitrogens with two attached hydrogens (primary N) is 1. The Morgan fingerprint density at radius 1 is 1.45 bits per heavy atom. The molecule has 20 heavy (non-hydrogen) atoms. The summed E-state index contributed by atoms with van der Waals surface area (Å²) in [5, 5.41) is 0. The number of nitrogens with one attached hydrogen (secondary N) is 1. The van der Waals surface area contributed by atoms with Crippen molar-refractivity contribution in [3.8, 4) is 0 Å². The second kappa shape index (κ2) is 6.47. The van der Waals surface area contributed by atoms with Gasteiger partial charge in [0.2, 0.25) is 0 Å². The lowest BCUT2D eigenvalue weighted by Gasteiger charge is -2.23. The number of ether oxygens (including phenoxy) is 1. The van der Waals surface area contributed by atoms with E-state index < -0.39 is 22.4 Å². The third-order valence-electron chi connectivity index (χ3n) is 2.29. The van der Waals surface area contributed by atoms with Gasteiger partial charge in [-0.2, -0.15) is 8.42 Å². The van der Waals surface area contributed by atoms with Crippen LogP contribution in [0, 0.1) is 0 Å². The van der Waals surface area contributed by atoms with E-state index in [2.05, 4.69) is 0 Å². The monoisotopic (exact) mass is 301 g/mol. The molecule has 1 aromatic carbocycles. The molecule has 0 saturated heterocycles. The molecule has 0 heterocycles. The molecule has 0 aliphatic rings. The lowest BCUT2D eigenvalue weighted by molar-refractivity contribution is 0.121. The van der Waals surface area contributed by atoms with E-state index in [4.69, 9.17) is 10.5 Å². The zero-order chi connectivity index (χ0) is 15.3. The first-order valence-corrected chi connectivity index (χ1v) is 7.57. The van der Waals surface area contributed by atoms with Crippen LogP contribution in [0.2, 0.25) is 0 Å². The number of nitrogens with zero attached hydrogens (tertiary/aromatic N) is 1. The maximum atomic E-state index is 12.1. The predicted molar refractivity (Wildman–Crippen MR) is 77.5 cm³/mol. The Labute approximate surface area is 118 Å². The van der Waals surface area contributed by atoms with Crippen molar-refractivity contribution in [2.75, 3.05) is 16.6 Å². The van der Waals surface area contributed by atoms with Crippen molar-refractivity contribution in [2.45, 2.75) is 26.9 Å². The summed E-state index contributed by atoms with van der Waals surface area (Å²) in [4.78, 5) is 11.4. The van der Waals surface area contributed by atoms with Gasteiger partial charge in [-0.05, 0) is 39.0 Å². The minimum Gasteiger partial charge on any atom is -0.446 e. The van der Waals surface area contributed by atoms with Crippen molar-refractivity contribution in [3.05, 3.63) is 24.3 Å². The van der Waals surface area contributed by atoms with Crippen molar-refractivity contribution in [3.63, 3.8) is 0 Å². The highest BCUT2D eigenvalue weighted by Gasteiger charge is 2.24. The van der Waals surface area contributed by atoms with Crippen molar-refractivity contribution >= 4 is 27.7 Å². The van der Waals surface area contributed by atoms with Crippen LogP contribution in [0.15, 0.2) is 24.3 Å². The molecule has 0 aliphatic carbocycles. The Morgan fingerprint density at radius 2 is 2.10 bits per heavy atom. The molecule has 0 saturated carbocycles. The van der Waals surface area contributed by atoms with E-state index in [0.29, 0.717) is 11.4 Å². The van der Waals surface area contributed by atoms with Crippen LogP contribution >= 0.6 is 0 Å². The van der Waals surface area contributed by atoms with Gasteiger partial charge in [-0.15, -0.1) is 0 Å². The third-order valence-corrected chi connectivity index (χ3v) is 3.76. The van der Waals surface area contributed by atoms with Gasteiger partial charge in [0.15, 0.2) is 0 Å². The molecule has 7 nitrogen and oxygen atoms in total. The molecular weight excluding hydrogens is 282 g/mol. The van der Waals surface area contributed by atoms with E-state index in [1.54, 1.807) is 39.0 Å². The summed E-state index contributed by atoms with van der Waals surface area (Å²) < 4.78 is 31.9. The Kier molecular flexibility index (Phi) is 5.20. The Morgan fingerprint density at radius 3 is 2.60 bits per heavy atom. The number of hydrogen-bond donors (Lipinski definition) is 2. The average molecular weight is 301 g/mol. The van der Waals surface area contributed by atoms with E-state index >= 15 is 0 Å². The first-order valence-electron chi connectivity index (χ1n) is 6.13. The van der Waals surface area contributed by atoms with Gasteiger partial charge in [-0.25, -0.2) is 9.52 Å². The molecule has 0 fully saturated rings. The number of carbonyl (C=O) groups is 1. The fourth-order valence-electron chi connectivity index (χ4n) is 1.57. The summed E-state index contributed by atoms with van der Waals surface area (Å²) in [6, 6.07) is 6.38. The van der Waals surface area contributed by atoms with Gasteiger partial charge in [-0.3, -0.25) is 4.31 Å². The highest BCUT2D eigenvalue weighted by atomic mass is 32.2. The summed E-state index contributed by atoms with van der Waals surface area (Å²) in [6.45, 7) is 5.05. The fourth-order valence-corrected chi connectivity index (χ4v) is 2.67. The summed E-state index contributed by atoms with van der Waals surface area (Å²) >= 11 is 0. The van der Waals surface area contributed by atoms with Gasteiger partial charge in [0.25, 0.3) is 0 Å². The first-order chi connectivity index (χ1) is 9.26. The van der Waals surface area contributed by atoms with E-state index in [1.807, 2.05) is 4.72 Å². The van der Waals surface area contributed by atoms with E-state index in [9.17, 15) is 13.2 Å². The maximum absolute atomic E-state index is 12.1. The number of anilines is 2. The van der Waals surface area contributed by atoms with Crippen LogP contribution in [0.5, 0.6) is 0 Å². The largest absolute Gasteiger partial charge is 0.446 e. The van der Waals surface area contributed by atoms with Gasteiger partial charge < -0.3 is 10.5 Å². The lowest BCUT2D eigenvalue weighted by Crippen LogP contribution is -2.44. The Bertz CT molecular complexity index is 572.